The van der Waals surface area contributed by atoms with Gasteiger partial charge in [0.25, 0.3) is 0 Å². The van der Waals surface area contributed by atoms with E-state index in [0.29, 0.717) is 19.0 Å². The number of nitrogens with one attached hydrogen (secondary N) is 1. The molecular formula is C15H31N3O2. The molecule has 1 heterocycles. The molecule has 0 aromatic heterocycles. The zero-order valence-corrected chi connectivity index (χ0v) is 13.5. The molecular weight excluding hydrogens is 254 g/mol. The summed E-state index contributed by atoms with van der Waals surface area (Å²) in [6.07, 6.45) is 4.12. The first-order valence-electron chi connectivity index (χ1n) is 7.76. The van der Waals surface area contributed by atoms with Crippen LogP contribution >= 0.6 is 0 Å². The fraction of sp³-hybridized carbons (Fsp3) is 0.933. The second-order valence-corrected chi connectivity index (χ2v) is 6.33. The molecule has 0 radical (unpaired) electrons. The molecule has 118 valence electrons. The van der Waals surface area contributed by atoms with Crippen LogP contribution in [0, 0.1) is 0 Å². The molecule has 0 aliphatic carbocycles. The van der Waals surface area contributed by atoms with Crippen molar-refractivity contribution in [1.82, 2.24) is 15.1 Å². The lowest BCUT2D eigenvalue weighted by Crippen LogP contribution is -2.50. The largest absolute Gasteiger partial charge is 0.480 e. The van der Waals surface area contributed by atoms with Crippen LogP contribution in [0.4, 0.5) is 0 Å². The van der Waals surface area contributed by atoms with E-state index in [1.807, 2.05) is 6.92 Å². The minimum absolute atomic E-state index is 0.642. The summed E-state index contributed by atoms with van der Waals surface area (Å²) in [5, 5.41) is 12.4. The number of likely N-dealkylation sites (N-methyl/N-ethyl adjacent to an activating group) is 2. The van der Waals surface area contributed by atoms with Gasteiger partial charge < -0.3 is 20.2 Å². The van der Waals surface area contributed by atoms with Gasteiger partial charge in [-0.2, -0.15) is 0 Å². The van der Waals surface area contributed by atoms with Crippen molar-refractivity contribution in [3.63, 3.8) is 0 Å². The summed E-state index contributed by atoms with van der Waals surface area (Å²) < 4.78 is 0. The maximum atomic E-state index is 11.4. The van der Waals surface area contributed by atoms with Crippen molar-refractivity contribution in [1.29, 1.82) is 0 Å². The summed E-state index contributed by atoms with van der Waals surface area (Å²) in [5.74, 6) is -0.746. The van der Waals surface area contributed by atoms with E-state index >= 15 is 0 Å². The molecule has 0 aromatic carbocycles. The van der Waals surface area contributed by atoms with E-state index in [9.17, 15) is 9.90 Å². The van der Waals surface area contributed by atoms with Gasteiger partial charge in [-0.25, -0.2) is 0 Å². The van der Waals surface area contributed by atoms with E-state index in [1.165, 1.54) is 12.8 Å². The fourth-order valence-corrected chi connectivity index (χ4v) is 2.97. The average Bonchev–Trinajstić information content (AvgIpc) is 2.39. The van der Waals surface area contributed by atoms with Gasteiger partial charge in [-0.05, 0) is 66.3 Å². The van der Waals surface area contributed by atoms with E-state index in [0.717, 1.165) is 26.1 Å². The minimum atomic E-state index is -0.786. The summed E-state index contributed by atoms with van der Waals surface area (Å²) in [5.41, 5.74) is -0.786. The molecule has 1 fully saturated rings. The predicted molar refractivity (Wildman–Crippen MR) is 82.1 cm³/mol. The maximum Gasteiger partial charge on any atom is 0.323 e. The van der Waals surface area contributed by atoms with Gasteiger partial charge in [0.1, 0.15) is 5.54 Å². The summed E-state index contributed by atoms with van der Waals surface area (Å²) in [6, 6.07) is 0.642. The maximum absolute atomic E-state index is 11.4. The highest BCUT2D eigenvalue weighted by Crippen LogP contribution is 2.17. The molecule has 0 spiro atoms. The quantitative estimate of drug-likeness (QED) is 0.703. The SMILES string of the molecule is CCNC(C)(CCCN1CCCC(N(C)C)C1)C(=O)O. The summed E-state index contributed by atoms with van der Waals surface area (Å²) >= 11 is 0. The molecule has 2 atom stereocenters. The van der Waals surface area contributed by atoms with E-state index in [2.05, 4.69) is 29.2 Å². The monoisotopic (exact) mass is 285 g/mol. The van der Waals surface area contributed by atoms with Crippen LogP contribution in [-0.4, -0.2) is 72.7 Å². The van der Waals surface area contributed by atoms with Crippen molar-refractivity contribution in [2.24, 2.45) is 0 Å². The molecule has 1 aliphatic heterocycles. The topological polar surface area (TPSA) is 55.8 Å². The second kappa shape index (κ2) is 7.96. The van der Waals surface area contributed by atoms with Gasteiger partial charge in [0.2, 0.25) is 0 Å². The van der Waals surface area contributed by atoms with Crippen LogP contribution in [-0.2, 0) is 4.79 Å². The minimum Gasteiger partial charge on any atom is -0.480 e. The average molecular weight is 285 g/mol. The van der Waals surface area contributed by atoms with Crippen molar-refractivity contribution in [3.05, 3.63) is 0 Å². The van der Waals surface area contributed by atoms with Crippen LogP contribution in [0.15, 0.2) is 0 Å². The smallest absolute Gasteiger partial charge is 0.323 e. The third-order valence-corrected chi connectivity index (χ3v) is 4.40. The molecule has 0 saturated carbocycles. The third kappa shape index (κ3) is 5.04. The summed E-state index contributed by atoms with van der Waals surface area (Å²) in [7, 11) is 4.28. The number of hydrogen-bond donors (Lipinski definition) is 2. The predicted octanol–water partition coefficient (Wildman–Crippen LogP) is 1.25. The lowest BCUT2D eigenvalue weighted by Gasteiger charge is -2.36. The molecule has 5 nitrogen and oxygen atoms in total. The molecule has 1 aliphatic rings. The Bertz CT molecular complexity index is 309. The number of carboxylic acids is 1. The Kier molecular flexibility index (Phi) is 6.92. The van der Waals surface area contributed by atoms with Crippen molar-refractivity contribution < 1.29 is 9.90 Å². The lowest BCUT2D eigenvalue weighted by atomic mass is 9.95. The van der Waals surface area contributed by atoms with Gasteiger partial charge in [-0.15, -0.1) is 0 Å². The summed E-state index contributed by atoms with van der Waals surface area (Å²) in [6.45, 7) is 7.69. The molecule has 5 heteroatoms. The molecule has 0 aromatic rings. The van der Waals surface area contributed by atoms with Gasteiger partial charge in [0, 0.05) is 12.6 Å². The second-order valence-electron chi connectivity index (χ2n) is 6.33. The van der Waals surface area contributed by atoms with Gasteiger partial charge in [0.15, 0.2) is 0 Å². The number of carbonyl (C=O) groups is 1. The normalized spacial score (nSPS) is 23.8. The van der Waals surface area contributed by atoms with Crippen LogP contribution in [0.5, 0.6) is 0 Å². The highest BCUT2D eigenvalue weighted by atomic mass is 16.4. The first kappa shape index (κ1) is 17.4. The van der Waals surface area contributed by atoms with Crippen LogP contribution in [0.3, 0.4) is 0 Å². The molecule has 1 saturated heterocycles. The highest BCUT2D eigenvalue weighted by molar-refractivity contribution is 5.78. The fourth-order valence-electron chi connectivity index (χ4n) is 2.97. The number of rotatable bonds is 8. The Morgan fingerprint density at radius 3 is 2.75 bits per heavy atom. The van der Waals surface area contributed by atoms with E-state index in [1.54, 1.807) is 6.92 Å². The van der Waals surface area contributed by atoms with Crippen LogP contribution in [0.1, 0.15) is 39.5 Å². The number of hydrogen-bond acceptors (Lipinski definition) is 4. The number of nitrogens with zero attached hydrogens (tertiary/aromatic N) is 2. The zero-order valence-electron chi connectivity index (χ0n) is 13.5. The zero-order chi connectivity index (χ0) is 15.2. The van der Waals surface area contributed by atoms with Gasteiger partial charge in [-0.1, -0.05) is 6.92 Å². The molecule has 20 heavy (non-hydrogen) atoms. The van der Waals surface area contributed by atoms with Crippen LogP contribution < -0.4 is 5.32 Å². The number of piperidine rings is 1. The first-order chi connectivity index (χ1) is 9.39. The Labute approximate surface area is 123 Å². The van der Waals surface area contributed by atoms with E-state index < -0.39 is 11.5 Å². The standard InChI is InChI=1S/C15H31N3O2/c1-5-16-15(2,14(19)20)9-7-11-18-10-6-8-13(12-18)17(3)4/h13,16H,5-12H2,1-4H3,(H,19,20). The highest BCUT2D eigenvalue weighted by Gasteiger charge is 2.31. The summed E-state index contributed by atoms with van der Waals surface area (Å²) in [4.78, 5) is 16.1. The number of aliphatic carboxylic acids is 1. The van der Waals surface area contributed by atoms with Crippen LogP contribution in [0.2, 0.25) is 0 Å². The molecule has 1 rings (SSSR count). The lowest BCUT2D eigenvalue weighted by molar-refractivity contribution is -0.144. The number of likely N-dealkylation sites (tertiary alicyclic amines) is 1. The van der Waals surface area contributed by atoms with E-state index in [-0.39, 0.29) is 0 Å². The third-order valence-electron chi connectivity index (χ3n) is 4.40. The van der Waals surface area contributed by atoms with Crippen molar-refractivity contribution >= 4 is 5.97 Å². The molecule has 0 bridgehead atoms. The molecule has 0 amide bonds. The van der Waals surface area contributed by atoms with Gasteiger partial charge in [0.05, 0.1) is 0 Å². The Balaban J connectivity index is 2.37. The van der Waals surface area contributed by atoms with Gasteiger partial charge in [-0.3, -0.25) is 4.79 Å². The van der Waals surface area contributed by atoms with Crippen molar-refractivity contribution in [2.45, 2.75) is 51.1 Å². The Morgan fingerprint density at radius 2 is 2.20 bits per heavy atom. The molecule has 2 N–H and O–H groups in total. The Morgan fingerprint density at radius 1 is 1.50 bits per heavy atom. The Hall–Kier alpha value is -0.650. The molecule has 2 unspecified atom stereocenters. The van der Waals surface area contributed by atoms with E-state index in [4.69, 9.17) is 0 Å². The van der Waals surface area contributed by atoms with Crippen molar-refractivity contribution in [3.8, 4) is 0 Å². The van der Waals surface area contributed by atoms with Crippen LogP contribution in [0.25, 0.3) is 0 Å². The first-order valence-corrected chi connectivity index (χ1v) is 7.76. The number of carboxylic acid groups (broad SMARTS) is 1. The van der Waals surface area contributed by atoms with Crippen molar-refractivity contribution in [2.75, 3.05) is 40.3 Å². The van der Waals surface area contributed by atoms with Gasteiger partial charge >= 0.3 is 5.97 Å².